The van der Waals surface area contributed by atoms with E-state index < -0.39 is 0 Å². The molecule has 0 saturated heterocycles. The van der Waals surface area contributed by atoms with Crippen LogP contribution in [0.15, 0.2) is 65.2 Å². The van der Waals surface area contributed by atoms with E-state index in [0.29, 0.717) is 11.1 Å². The predicted molar refractivity (Wildman–Crippen MR) is 81.7 cm³/mol. The van der Waals surface area contributed by atoms with E-state index >= 15 is 0 Å². The van der Waals surface area contributed by atoms with Crippen LogP contribution in [-0.2, 0) is 0 Å². The van der Waals surface area contributed by atoms with Crippen molar-refractivity contribution < 1.29 is 4.42 Å². The van der Waals surface area contributed by atoms with E-state index in [1.165, 1.54) is 0 Å². The van der Waals surface area contributed by atoms with E-state index in [4.69, 9.17) is 4.42 Å². The van der Waals surface area contributed by atoms with Gasteiger partial charge in [-0.15, -0.1) is 0 Å². The van der Waals surface area contributed by atoms with Crippen LogP contribution in [0.25, 0.3) is 33.2 Å². The standard InChI is InChI=1S/C18H10N2O/c19-11-12-5-3-7-14-17-13(15-8-1-2-10-20-15)6-4-9-16(17)21-18(12)14/h1-10H. The van der Waals surface area contributed by atoms with Gasteiger partial charge in [0.15, 0.2) is 5.58 Å². The summed E-state index contributed by atoms with van der Waals surface area (Å²) < 4.78 is 5.89. The summed E-state index contributed by atoms with van der Waals surface area (Å²) in [6.45, 7) is 0. The average molecular weight is 270 g/mol. The van der Waals surface area contributed by atoms with Gasteiger partial charge in [0, 0.05) is 22.5 Å². The molecule has 0 amide bonds. The molecular formula is C18H10N2O. The van der Waals surface area contributed by atoms with E-state index in [9.17, 15) is 5.26 Å². The number of rotatable bonds is 1. The summed E-state index contributed by atoms with van der Waals surface area (Å²) in [6, 6.07) is 19.5. The van der Waals surface area contributed by atoms with Crippen LogP contribution in [0.2, 0.25) is 0 Å². The highest BCUT2D eigenvalue weighted by Crippen LogP contribution is 2.36. The third-order valence-corrected chi connectivity index (χ3v) is 3.58. The SMILES string of the molecule is N#Cc1cccc2c1oc1cccc(-c3ccccn3)c12. The molecule has 0 atom stereocenters. The topological polar surface area (TPSA) is 49.8 Å². The van der Waals surface area contributed by atoms with Crippen molar-refractivity contribution in [1.82, 2.24) is 4.98 Å². The lowest BCUT2D eigenvalue weighted by Gasteiger charge is -2.02. The molecule has 3 nitrogen and oxygen atoms in total. The zero-order valence-electron chi connectivity index (χ0n) is 11.1. The number of fused-ring (bicyclic) bond motifs is 3. The molecule has 0 N–H and O–H groups in total. The maximum absolute atomic E-state index is 9.22. The average Bonchev–Trinajstić information content (AvgIpc) is 2.94. The fourth-order valence-corrected chi connectivity index (χ4v) is 2.67. The molecule has 4 aromatic rings. The van der Waals surface area contributed by atoms with Crippen LogP contribution in [0.1, 0.15) is 5.56 Å². The molecule has 4 rings (SSSR count). The molecule has 0 aliphatic heterocycles. The van der Waals surface area contributed by atoms with Crippen molar-refractivity contribution in [3.63, 3.8) is 0 Å². The van der Waals surface area contributed by atoms with E-state index in [-0.39, 0.29) is 0 Å². The normalized spacial score (nSPS) is 10.8. The number of benzene rings is 2. The minimum absolute atomic E-state index is 0.552. The predicted octanol–water partition coefficient (Wildman–Crippen LogP) is 4.52. The summed E-state index contributed by atoms with van der Waals surface area (Å²) in [6.07, 6.45) is 1.77. The minimum atomic E-state index is 0.552. The minimum Gasteiger partial charge on any atom is -0.455 e. The van der Waals surface area contributed by atoms with Crippen molar-refractivity contribution >= 4 is 21.9 Å². The maximum atomic E-state index is 9.22. The smallest absolute Gasteiger partial charge is 0.153 e. The van der Waals surface area contributed by atoms with E-state index in [1.54, 1.807) is 12.3 Å². The van der Waals surface area contributed by atoms with Crippen LogP contribution < -0.4 is 0 Å². The van der Waals surface area contributed by atoms with Crippen molar-refractivity contribution in [2.75, 3.05) is 0 Å². The maximum Gasteiger partial charge on any atom is 0.153 e. The Balaban J connectivity index is 2.17. The van der Waals surface area contributed by atoms with Gasteiger partial charge in [-0.1, -0.05) is 30.3 Å². The van der Waals surface area contributed by atoms with E-state index in [1.807, 2.05) is 48.5 Å². The lowest BCUT2D eigenvalue weighted by Crippen LogP contribution is -1.82. The van der Waals surface area contributed by atoms with Gasteiger partial charge in [0.1, 0.15) is 11.7 Å². The summed E-state index contributed by atoms with van der Waals surface area (Å²) in [4.78, 5) is 4.42. The number of nitriles is 1. The van der Waals surface area contributed by atoms with Crippen LogP contribution in [0.4, 0.5) is 0 Å². The molecule has 0 aliphatic carbocycles. The fourth-order valence-electron chi connectivity index (χ4n) is 2.67. The molecule has 0 aliphatic rings. The zero-order chi connectivity index (χ0) is 14.2. The van der Waals surface area contributed by atoms with Crippen LogP contribution in [0, 0.1) is 11.3 Å². The van der Waals surface area contributed by atoms with Crippen LogP contribution >= 0.6 is 0 Å². The highest BCUT2D eigenvalue weighted by atomic mass is 16.3. The van der Waals surface area contributed by atoms with Crippen molar-refractivity contribution in [3.8, 4) is 17.3 Å². The molecular weight excluding hydrogens is 260 g/mol. The van der Waals surface area contributed by atoms with Gasteiger partial charge in [0.05, 0.1) is 11.3 Å². The van der Waals surface area contributed by atoms with Crippen LogP contribution in [0.3, 0.4) is 0 Å². The number of pyridine rings is 1. The first-order chi connectivity index (χ1) is 10.4. The lowest BCUT2D eigenvalue weighted by atomic mass is 10.0. The molecule has 0 bridgehead atoms. The molecule has 21 heavy (non-hydrogen) atoms. The molecule has 98 valence electrons. The summed E-state index contributed by atoms with van der Waals surface area (Å²) in [7, 11) is 0. The number of hydrogen-bond donors (Lipinski definition) is 0. The summed E-state index contributed by atoms with van der Waals surface area (Å²) in [5.41, 5.74) is 3.88. The largest absolute Gasteiger partial charge is 0.455 e. The molecule has 2 aromatic carbocycles. The Morgan fingerprint density at radius 2 is 1.86 bits per heavy atom. The number of aromatic nitrogens is 1. The Kier molecular flexibility index (Phi) is 2.48. The summed E-state index contributed by atoms with van der Waals surface area (Å²) in [5.74, 6) is 0. The molecule has 3 heteroatoms. The second-order valence-electron chi connectivity index (χ2n) is 4.79. The monoisotopic (exact) mass is 270 g/mol. The molecule has 0 saturated carbocycles. The Bertz CT molecular complexity index is 994. The first kappa shape index (κ1) is 11.7. The molecule has 0 unspecified atom stereocenters. The number of para-hydroxylation sites is 1. The summed E-state index contributed by atoms with van der Waals surface area (Å²) >= 11 is 0. The Morgan fingerprint density at radius 1 is 0.952 bits per heavy atom. The second-order valence-corrected chi connectivity index (χ2v) is 4.79. The van der Waals surface area contributed by atoms with Gasteiger partial charge in [-0.3, -0.25) is 4.98 Å². The van der Waals surface area contributed by atoms with Gasteiger partial charge >= 0.3 is 0 Å². The first-order valence-electron chi connectivity index (χ1n) is 6.64. The lowest BCUT2D eigenvalue weighted by molar-refractivity contribution is 0.667. The fraction of sp³-hybridized carbons (Fsp3) is 0. The molecule has 2 aromatic heterocycles. The van der Waals surface area contributed by atoms with Gasteiger partial charge in [-0.25, -0.2) is 0 Å². The molecule has 0 fully saturated rings. The highest BCUT2D eigenvalue weighted by molar-refractivity contribution is 6.13. The van der Waals surface area contributed by atoms with Gasteiger partial charge < -0.3 is 4.42 Å². The van der Waals surface area contributed by atoms with E-state index in [0.717, 1.165) is 27.6 Å². The van der Waals surface area contributed by atoms with Gasteiger partial charge in [0.2, 0.25) is 0 Å². The van der Waals surface area contributed by atoms with Crippen molar-refractivity contribution in [3.05, 3.63) is 66.4 Å². The number of furan rings is 1. The highest BCUT2D eigenvalue weighted by Gasteiger charge is 2.14. The summed E-state index contributed by atoms with van der Waals surface area (Å²) in [5, 5.41) is 11.2. The quantitative estimate of drug-likeness (QED) is 0.511. The molecule has 2 heterocycles. The first-order valence-corrected chi connectivity index (χ1v) is 6.64. The molecule has 0 radical (unpaired) electrons. The Hall–Kier alpha value is -3.12. The number of nitrogens with zero attached hydrogens (tertiary/aromatic N) is 2. The molecule has 0 spiro atoms. The number of hydrogen-bond acceptors (Lipinski definition) is 3. The second kappa shape index (κ2) is 4.46. The van der Waals surface area contributed by atoms with Crippen molar-refractivity contribution in [2.45, 2.75) is 0 Å². The third kappa shape index (κ3) is 1.70. The van der Waals surface area contributed by atoms with Crippen molar-refractivity contribution in [2.24, 2.45) is 0 Å². The van der Waals surface area contributed by atoms with Gasteiger partial charge in [-0.2, -0.15) is 5.26 Å². The van der Waals surface area contributed by atoms with Gasteiger partial charge in [0.25, 0.3) is 0 Å². The van der Waals surface area contributed by atoms with Crippen molar-refractivity contribution in [1.29, 1.82) is 5.26 Å². The van der Waals surface area contributed by atoms with Crippen LogP contribution in [0.5, 0.6) is 0 Å². The third-order valence-electron chi connectivity index (χ3n) is 3.58. The van der Waals surface area contributed by atoms with Gasteiger partial charge in [-0.05, 0) is 24.3 Å². The zero-order valence-corrected chi connectivity index (χ0v) is 11.1. The Labute approximate surface area is 121 Å². The van der Waals surface area contributed by atoms with Crippen LogP contribution in [-0.4, -0.2) is 4.98 Å². The van der Waals surface area contributed by atoms with E-state index in [2.05, 4.69) is 11.1 Å². The Morgan fingerprint density at radius 3 is 2.67 bits per heavy atom.